The molecule has 10 heteroatoms. The van der Waals surface area contributed by atoms with Crippen molar-refractivity contribution in [2.75, 3.05) is 38.5 Å². The van der Waals surface area contributed by atoms with Crippen molar-refractivity contribution in [1.82, 2.24) is 36.1 Å². The standard InChI is InChI=1S/C30H35N7O2.H3N/c1-30(2,3)14-17-36-15-7-16-37(19-18-36)29(38)23-12-10-21(11-13-23)24-20-32-26(31)25(33-24)28-35-34-27(39-28)22-8-5-4-6-9-22;/h4-6,8-13,20H,7,14-19H2,1-3H3,(H2,31,32);1H3. The van der Waals surface area contributed by atoms with Gasteiger partial charge in [0.1, 0.15) is 0 Å². The number of benzene rings is 2. The SMILES string of the molecule is CC(C)(C)CCN1CCCN(C(=O)c2ccc(-c3cnc(N)c(-c4nnc(-c5ccccc5)o4)n3)cc2)CC1.N. The first-order valence-corrected chi connectivity index (χ1v) is 13.4. The first-order valence-electron chi connectivity index (χ1n) is 13.4. The third kappa shape index (κ3) is 6.88. The van der Waals surface area contributed by atoms with E-state index in [2.05, 4.69) is 45.8 Å². The Bertz CT molecular complexity index is 1410. The average Bonchev–Trinajstić information content (AvgIpc) is 3.31. The highest BCUT2D eigenvalue weighted by atomic mass is 16.4. The Morgan fingerprint density at radius 1 is 0.925 bits per heavy atom. The van der Waals surface area contributed by atoms with E-state index < -0.39 is 0 Å². The Balaban J connectivity index is 0.00000370. The molecular weight excluding hydrogens is 504 g/mol. The summed E-state index contributed by atoms with van der Waals surface area (Å²) in [6.45, 7) is 11.3. The summed E-state index contributed by atoms with van der Waals surface area (Å²) in [5.74, 6) is 0.838. The van der Waals surface area contributed by atoms with Gasteiger partial charge >= 0.3 is 0 Å². The Morgan fingerprint density at radius 3 is 2.38 bits per heavy atom. The van der Waals surface area contributed by atoms with Crippen LogP contribution in [0.4, 0.5) is 5.82 Å². The zero-order chi connectivity index (χ0) is 27.4. The molecule has 0 saturated carbocycles. The second-order valence-electron chi connectivity index (χ2n) is 11.1. The van der Waals surface area contributed by atoms with Crippen molar-refractivity contribution < 1.29 is 9.21 Å². The lowest BCUT2D eigenvalue weighted by atomic mass is 9.92. The Labute approximate surface area is 235 Å². The van der Waals surface area contributed by atoms with Crippen molar-refractivity contribution in [3.05, 3.63) is 66.4 Å². The predicted octanol–water partition coefficient (Wildman–Crippen LogP) is 5.19. The normalized spacial score (nSPS) is 14.4. The van der Waals surface area contributed by atoms with Crippen LogP contribution in [-0.4, -0.2) is 68.6 Å². The number of carbonyl (C=O) groups is 1. The van der Waals surface area contributed by atoms with E-state index in [1.807, 2.05) is 59.5 Å². The molecule has 3 heterocycles. The van der Waals surface area contributed by atoms with E-state index in [1.165, 1.54) is 0 Å². The highest BCUT2D eigenvalue weighted by molar-refractivity contribution is 5.94. The second-order valence-corrected chi connectivity index (χ2v) is 11.1. The van der Waals surface area contributed by atoms with Crippen molar-refractivity contribution in [2.45, 2.75) is 33.6 Å². The summed E-state index contributed by atoms with van der Waals surface area (Å²) in [6, 6.07) is 17.0. The highest BCUT2D eigenvalue weighted by Gasteiger charge is 2.22. The summed E-state index contributed by atoms with van der Waals surface area (Å²) < 4.78 is 5.84. The molecule has 0 radical (unpaired) electrons. The molecule has 5 N–H and O–H groups in total. The van der Waals surface area contributed by atoms with E-state index in [1.54, 1.807) is 6.20 Å². The van der Waals surface area contributed by atoms with Gasteiger partial charge in [-0.25, -0.2) is 9.97 Å². The van der Waals surface area contributed by atoms with Gasteiger partial charge in [0.25, 0.3) is 11.8 Å². The smallest absolute Gasteiger partial charge is 0.270 e. The Morgan fingerprint density at radius 2 is 1.65 bits per heavy atom. The quantitative estimate of drug-likeness (QED) is 0.335. The zero-order valence-corrected chi connectivity index (χ0v) is 23.5. The molecule has 210 valence electrons. The van der Waals surface area contributed by atoms with Gasteiger partial charge in [-0.2, -0.15) is 0 Å². The van der Waals surface area contributed by atoms with Gasteiger partial charge in [0, 0.05) is 36.3 Å². The summed E-state index contributed by atoms with van der Waals surface area (Å²) in [4.78, 5) is 26.7. The van der Waals surface area contributed by atoms with Crippen LogP contribution in [0, 0.1) is 5.41 Å². The van der Waals surface area contributed by atoms with E-state index in [0.29, 0.717) is 28.3 Å². The third-order valence-corrected chi connectivity index (χ3v) is 6.93. The maximum absolute atomic E-state index is 13.3. The van der Waals surface area contributed by atoms with Crippen molar-refractivity contribution in [3.63, 3.8) is 0 Å². The van der Waals surface area contributed by atoms with Gasteiger partial charge in [0.05, 0.1) is 11.9 Å². The molecule has 10 nitrogen and oxygen atoms in total. The van der Waals surface area contributed by atoms with Crippen LogP contribution in [0.3, 0.4) is 0 Å². The largest absolute Gasteiger partial charge is 0.414 e. The predicted molar refractivity (Wildman–Crippen MR) is 157 cm³/mol. The minimum absolute atomic E-state index is 0. The summed E-state index contributed by atoms with van der Waals surface area (Å²) in [5.41, 5.74) is 9.62. The van der Waals surface area contributed by atoms with E-state index in [9.17, 15) is 4.79 Å². The fourth-order valence-electron chi connectivity index (χ4n) is 4.57. The van der Waals surface area contributed by atoms with Crippen LogP contribution in [0.5, 0.6) is 0 Å². The first kappa shape index (κ1) is 28.8. The number of aromatic nitrogens is 4. The van der Waals surface area contributed by atoms with Gasteiger partial charge in [-0.3, -0.25) is 4.79 Å². The molecule has 40 heavy (non-hydrogen) atoms. The van der Waals surface area contributed by atoms with Gasteiger partial charge in [-0.1, -0.05) is 51.1 Å². The molecule has 2 aromatic heterocycles. The summed E-state index contributed by atoms with van der Waals surface area (Å²) in [6.07, 6.45) is 3.74. The lowest BCUT2D eigenvalue weighted by Gasteiger charge is -2.25. The van der Waals surface area contributed by atoms with Crippen LogP contribution in [0.2, 0.25) is 0 Å². The van der Waals surface area contributed by atoms with Crippen molar-refractivity contribution in [1.29, 1.82) is 0 Å². The third-order valence-electron chi connectivity index (χ3n) is 6.93. The molecule has 0 atom stereocenters. The minimum atomic E-state index is 0. The Hall–Kier alpha value is -4.15. The average molecular weight is 543 g/mol. The Kier molecular flexibility index (Phi) is 8.91. The summed E-state index contributed by atoms with van der Waals surface area (Å²) in [5, 5.41) is 8.26. The van der Waals surface area contributed by atoms with Crippen molar-refractivity contribution >= 4 is 11.7 Å². The fraction of sp³-hybridized carbons (Fsp3) is 0.367. The van der Waals surface area contributed by atoms with Gasteiger partial charge in [0.2, 0.25) is 5.89 Å². The number of rotatable bonds is 6. The molecule has 0 spiro atoms. The fourth-order valence-corrected chi connectivity index (χ4v) is 4.57. The van der Waals surface area contributed by atoms with Gasteiger partial charge in [-0.05, 0) is 55.6 Å². The maximum Gasteiger partial charge on any atom is 0.270 e. The van der Waals surface area contributed by atoms with Crippen LogP contribution in [0.1, 0.15) is 44.0 Å². The second kappa shape index (κ2) is 12.4. The van der Waals surface area contributed by atoms with Gasteiger partial charge in [-0.15, -0.1) is 10.2 Å². The van der Waals surface area contributed by atoms with E-state index >= 15 is 0 Å². The van der Waals surface area contributed by atoms with Crippen LogP contribution in [0.25, 0.3) is 34.3 Å². The van der Waals surface area contributed by atoms with Crippen LogP contribution in [0.15, 0.2) is 65.2 Å². The lowest BCUT2D eigenvalue weighted by molar-refractivity contribution is 0.0760. The van der Waals surface area contributed by atoms with Crippen LogP contribution in [-0.2, 0) is 0 Å². The van der Waals surface area contributed by atoms with Gasteiger partial charge in [0.15, 0.2) is 11.5 Å². The number of anilines is 1. The van der Waals surface area contributed by atoms with Gasteiger partial charge < -0.3 is 26.1 Å². The van der Waals surface area contributed by atoms with Crippen LogP contribution >= 0.6 is 0 Å². The van der Waals surface area contributed by atoms with Crippen LogP contribution < -0.4 is 11.9 Å². The molecule has 4 aromatic rings. The number of carbonyl (C=O) groups excluding carboxylic acids is 1. The number of nitrogens with zero attached hydrogens (tertiary/aromatic N) is 6. The number of nitrogen functional groups attached to an aromatic ring is 1. The summed E-state index contributed by atoms with van der Waals surface area (Å²) >= 11 is 0. The minimum Gasteiger partial charge on any atom is -0.414 e. The molecule has 0 aliphatic carbocycles. The topological polar surface area (TPSA) is 149 Å². The molecule has 2 aromatic carbocycles. The number of amides is 1. The molecule has 5 rings (SSSR count). The monoisotopic (exact) mass is 542 g/mol. The molecule has 1 aliphatic heterocycles. The molecule has 0 unspecified atom stereocenters. The zero-order valence-electron chi connectivity index (χ0n) is 23.5. The molecule has 0 bridgehead atoms. The van der Waals surface area contributed by atoms with E-state index in [-0.39, 0.29) is 23.8 Å². The highest BCUT2D eigenvalue weighted by Crippen LogP contribution is 2.28. The number of nitrogens with two attached hydrogens (primary N) is 1. The molecule has 1 fully saturated rings. The molecule has 1 aliphatic rings. The maximum atomic E-state index is 13.3. The molecule has 1 saturated heterocycles. The van der Waals surface area contributed by atoms with E-state index in [0.717, 1.165) is 56.7 Å². The number of hydrogen-bond acceptors (Lipinski definition) is 9. The van der Waals surface area contributed by atoms with Crippen molar-refractivity contribution in [2.24, 2.45) is 5.41 Å². The van der Waals surface area contributed by atoms with E-state index in [4.69, 9.17) is 10.2 Å². The molecule has 1 amide bonds. The number of hydrogen-bond donors (Lipinski definition) is 2. The first-order chi connectivity index (χ1) is 18.8. The van der Waals surface area contributed by atoms with Crippen molar-refractivity contribution in [3.8, 4) is 34.3 Å². The lowest BCUT2D eigenvalue weighted by Crippen LogP contribution is -2.35. The summed E-state index contributed by atoms with van der Waals surface area (Å²) in [7, 11) is 0. The molecular formula is C30H38N8O2.